The lowest BCUT2D eigenvalue weighted by atomic mass is 9.84. The Labute approximate surface area is 133 Å². The van der Waals surface area contributed by atoms with Crippen LogP contribution in [-0.4, -0.2) is 41.8 Å². The van der Waals surface area contributed by atoms with Crippen LogP contribution in [0, 0.1) is 0 Å². The zero-order chi connectivity index (χ0) is 15.6. The van der Waals surface area contributed by atoms with Gasteiger partial charge in [0, 0.05) is 28.8 Å². The quantitative estimate of drug-likeness (QED) is 0.735. The molecule has 2 rings (SSSR count). The molecule has 0 aromatic heterocycles. The summed E-state index contributed by atoms with van der Waals surface area (Å²) in [7, 11) is 0. The summed E-state index contributed by atoms with van der Waals surface area (Å²) >= 11 is 0. The minimum atomic E-state index is -1.05. The van der Waals surface area contributed by atoms with Crippen molar-refractivity contribution in [1.82, 2.24) is 5.32 Å². The summed E-state index contributed by atoms with van der Waals surface area (Å²) in [5.74, 6) is -1.07. The molecule has 6 nitrogen and oxygen atoms in total. The number of aliphatic hydroxyl groups is 1. The molecule has 1 aromatic rings. The standard InChI is InChI=1S/C15H16N2O4.ClH/c1-8-11(6-17-15(21)12(16)7-18)14(20)10-5-3-2-4-9(10)13(8)19;/h2-5,12,18H,6-7,16H2,1H3,(H,17,21);1H/t12-;/m0./s1. The molecule has 0 fully saturated rings. The molecule has 0 bridgehead atoms. The largest absolute Gasteiger partial charge is 0.394 e. The number of halogens is 1. The second-order valence-electron chi connectivity index (χ2n) is 4.81. The highest BCUT2D eigenvalue weighted by Crippen LogP contribution is 2.25. The van der Waals surface area contributed by atoms with Gasteiger partial charge in [-0.15, -0.1) is 12.4 Å². The summed E-state index contributed by atoms with van der Waals surface area (Å²) in [4.78, 5) is 36.1. The van der Waals surface area contributed by atoms with E-state index in [1.54, 1.807) is 31.2 Å². The molecule has 0 aliphatic heterocycles. The van der Waals surface area contributed by atoms with E-state index >= 15 is 0 Å². The summed E-state index contributed by atoms with van der Waals surface area (Å²) in [5, 5.41) is 11.3. The van der Waals surface area contributed by atoms with Crippen molar-refractivity contribution in [2.24, 2.45) is 5.73 Å². The molecule has 0 saturated carbocycles. The number of allylic oxidation sites excluding steroid dienone is 1. The van der Waals surface area contributed by atoms with Gasteiger partial charge in [0.05, 0.1) is 6.61 Å². The Hall–Kier alpha value is -2.02. The third-order valence-electron chi connectivity index (χ3n) is 3.46. The molecule has 0 unspecified atom stereocenters. The molecule has 1 amide bonds. The maximum absolute atomic E-state index is 12.4. The first-order valence-electron chi connectivity index (χ1n) is 6.49. The third kappa shape index (κ3) is 3.24. The number of hydrogen-bond acceptors (Lipinski definition) is 5. The fourth-order valence-electron chi connectivity index (χ4n) is 2.15. The number of rotatable bonds is 4. The lowest BCUT2D eigenvalue weighted by molar-refractivity contribution is -0.122. The van der Waals surface area contributed by atoms with Crippen LogP contribution in [-0.2, 0) is 4.79 Å². The molecule has 0 radical (unpaired) electrons. The van der Waals surface area contributed by atoms with Crippen molar-refractivity contribution in [1.29, 1.82) is 0 Å². The number of nitrogens with one attached hydrogen (secondary N) is 1. The van der Waals surface area contributed by atoms with Gasteiger partial charge in [0.15, 0.2) is 11.6 Å². The van der Waals surface area contributed by atoms with E-state index in [0.29, 0.717) is 16.7 Å². The number of carbonyl (C=O) groups is 3. The maximum Gasteiger partial charge on any atom is 0.239 e. The van der Waals surface area contributed by atoms with Gasteiger partial charge in [0.25, 0.3) is 0 Å². The number of amides is 1. The number of carbonyl (C=O) groups excluding carboxylic acids is 3. The van der Waals surface area contributed by atoms with Crippen LogP contribution >= 0.6 is 12.4 Å². The van der Waals surface area contributed by atoms with E-state index in [2.05, 4.69) is 5.32 Å². The average Bonchev–Trinajstić information content (AvgIpc) is 2.51. The van der Waals surface area contributed by atoms with Crippen molar-refractivity contribution in [3.05, 3.63) is 46.5 Å². The van der Waals surface area contributed by atoms with E-state index in [0.717, 1.165) is 0 Å². The van der Waals surface area contributed by atoms with Crippen molar-refractivity contribution >= 4 is 29.9 Å². The van der Waals surface area contributed by atoms with Gasteiger partial charge in [-0.3, -0.25) is 14.4 Å². The van der Waals surface area contributed by atoms with Gasteiger partial charge in [0.1, 0.15) is 6.04 Å². The molecule has 1 atom stereocenters. The van der Waals surface area contributed by atoms with Crippen LogP contribution in [0.25, 0.3) is 0 Å². The van der Waals surface area contributed by atoms with Crippen LogP contribution in [0.3, 0.4) is 0 Å². The Kier molecular flexibility index (Phi) is 5.99. The van der Waals surface area contributed by atoms with E-state index in [-0.39, 0.29) is 36.1 Å². The van der Waals surface area contributed by atoms with Gasteiger partial charge in [-0.2, -0.15) is 0 Å². The summed E-state index contributed by atoms with van der Waals surface area (Å²) in [6.07, 6.45) is 0. The number of nitrogens with two attached hydrogens (primary N) is 1. The smallest absolute Gasteiger partial charge is 0.239 e. The number of aliphatic hydroxyl groups excluding tert-OH is 1. The summed E-state index contributed by atoms with van der Waals surface area (Å²) in [6, 6.07) is 5.53. The van der Waals surface area contributed by atoms with Crippen molar-refractivity contribution < 1.29 is 19.5 Å². The minimum Gasteiger partial charge on any atom is -0.394 e. The van der Waals surface area contributed by atoms with E-state index in [9.17, 15) is 14.4 Å². The Morgan fingerprint density at radius 1 is 1.23 bits per heavy atom. The average molecular weight is 325 g/mol. The zero-order valence-corrected chi connectivity index (χ0v) is 12.8. The van der Waals surface area contributed by atoms with Gasteiger partial charge in [-0.05, 0) is 6.92 Å². The van der Waals surface area contributed by atoms with Crippen molar-refractivity contribution in [2.45, 2.75) is 13.0 Å². The van der Waals surface area contributed by atoms with Crippen molar-refractivity contribution in [3.63, 3.8) is 0 Å². The number of Topliss-reactive ketones (excluding diaryl/α,β-unsaturated/α-hetero) is 2. The molecular formula is C15H17ClN2O4. The number of ketones is 2. The molecule has 0 saturated heterocycles. The first kappa shape index (κ1) is 18.0. The molecular weight excluding hydrogens is 308 g/mol. The van der Waals surface area contributed by atoms with Crippen LogP contribution < -0.4 is 11.1 Å². The molecule has 1 aliphatic carbocycles. The molecule has 1 aliphatic rings. The summed E-state index contributed by atoms with van der Waals surface area (Å²) < 4.78 is 0. The topological polar surface area (TPSA) is 109 Å². The maximum atomic E-state index is 12.4. The highest BCUT2D eigenvalue weighted by molar-refractivity contribution is 6.26. The van der Waals surface area contributed by atoms with E-state index in [4.69, 9.17) is 10.8 Å². The Bertz CT molecular complexity index is 655. The van der Waals surface area contributed by atoms with Crippen LogP contribution in [0.15, 0.2) is 35.4 Å². The molecule has 22 heavy (non-hydrogen) atoms. The lowest BCUT2D eigenvalue weighted by Gasteiger charge is -2.19. The molecule has 4 N–H and O–H groups in total. The van der Waals surface area contributed by atoms with Crippen LogP contribution in [0.4, 0.5) is 0 Å². The van der Waals surface area contributed by atoms with Crippen molar-refractivity contribution in [2.75, 3.05) is 13.2 Å². The molecule has 1 aromatic carbocycles. The minimum absolute atomic E-state index is 0. The van der Waals surface area contributed by atoms with Gasteiger partial charge in [0.2, 0.25) is 5.91 Å². The number of fused-ring (bicyclic) bond motifs is 1. The number of hydrogen-bond donors (Lipinski definition) is 3. The molecule has 7 heteroatoms. The fourth-order valence-corrected chi connectivity index (χ4v) is 2.15. The Morgan fingerprint density at radius 3 is 2.32 bits per heavy atom. The Morgan fingerprint density at radius 2 is 1.77 bits per heavy atom. The molecule has 0 spiro atoms. The predicted octanol–water partition coefficient (Wildman–Crippen LogP) is 0.240. The monoisotopic (exact) mass is 324 g/mol. The van der Waals surface area contributed by atoms with Gasteiger partial charge < -0.3 is 16.2 Å². The first-order valence-corrected chi connectivity index (χ1v) is 6.49. The summed E-state index contributed by atoms with van der Waals surface area (Å²) in [5.41, 5.74) is 6.65. The van der Waals surface area contributed by atoms with Crippen LogP contribution in [0.2, 0.25) is 0 Å². The molecule has 118 valence electrons. The predicted molar refractivity (Wildman–Crippen MR) is 83.1 cm³/mol. The Balaban J connectivity index is 0.00000242. The molecule has 0 heterocycles. The highest BCUT2D eigenvalue weighted by atomic mass is 35.5. The SMILES string of the molecule is CC1=C(CNC(=O)[C@@H](N)CO)C(=O)c2ccccc2C1=O.Cl. The third-order valence-corrected chi connectivity index (χ3v) is 3.46. The first-order chi connectivity index (χ1) is 9.97. The van der Waals surface area contributed by atoms with Crippen LogP contribution in [0.1, 0.15) is 27.6 Å². The second kappa shape index (κ2) is 7.31. The highest BCUT2D eigenvalue weighted by Gasteiger charge is 2.29. The van der Waals surface area contributed by atoms with Gasteiger partial charge in [-0.25, -0.2) is 0 Å². The zero-order valence-electron chi connectivity index (χ0n) is 12.0. The van der Waals surface area contributed by atoms with E-state index in [1.165, 1.54) is 0 Å². The fraction of sp³-hybridized carbons (Fsp3) is 0.267. The second-order valence-corrected chi connectivity index (χ2v) is 4.81. The van der Waals surface area contributed by atoms with E-state index < -0.39 is 18.6 Å². The normalized spacial score (nSPS) is 15.0. The number of benzene rings is 1. The van der Waals surface area contributed by atoms with Crippen LogP contribution in [0.5, 0.6) is 0 Å². The van der Waals surface area contributed by atoms with E-state index in [1.807, 2.05) is 0 Å². The lowest BCUT2D eigenvalue weighted by Crippen LogP contribution is -2.44. The summed E-state index contributed by atoms with van der Waals surface area (Å²) in [6.45, 7) is 0.987. The van der Waals surface area contributed by atoms with Crippen molar-refractivity contribution in [3.8, 4) is 0 Å². The van der Waals surface area contributed by atoms with Gasteiger partial charge >= 0.3 is 0 Å². The van der Waals surface area contributed by atoms with Gasteiger partial charge in [-0.1, -0.05) is 24.3 Å².